The Balaban J connectivity index is 1.88. The number of benzene rings is 2. The van der Waals surface area contributed by atoms with E-state index in [1.807, 2.05) is 6.07 Å². The summed E-state index contributed by atoms with van der Waals surface area (Å²) >= 11 is 6.21. The van der Waals surface area contributed by atoms with Gasteiger partial charge in [0.15, 0.2) is 0 Å². The van der Waals surface area contributed by atoms with E-state index in [1.54, 1.807) is 0 Å². The van der Waals surface area contributed by atoms with Crippen molar-refractivity contribution >= 4 is 11.6 Å². The molecule has 0 amide bonds. The van der Waals surface area contributed by atoms with Crippen LogP contribution in [0.5, 0.6) is 0 Å². The fourth-order valence-corrected chi connectivity index (χ4v) is 2.33. The van der Waals surface area contributed by atoms with Crippen molar-refractivity contribution in [2.45, 2.75) is 33.4 Å². The number of rotatable bonds is 5. The average Bonchev–Trinajstić information content (AvgIpc) is 2.42. The molecule has 0 atom stereocenters. The van der Waals surface area contributed by atoms with Crippen molar-refractivity contribution in [2.75, 3.05) is 0 Å². The quantitative estimate of drug-likeness (QED) is 0.846. The topological polar surface area (TPSA) is 12.0 Å². The molecule has 0 radical (unpaired) electrons. The van der Waals surface area contributed by atoms with Gasteiger partial charge < -0.3 is 5.32 Å². The molecule has 0 saturated carbocycles. The summed E-state index contributed by atoms with van der Waals surface area (Å²) < 4.78 is 0. The molecule has 0 aliphatic carbocycles. The SMILES string of the molecule is CCc1ccc(CNCc2ccc(C)cc2Cl)cc1. The van der Waals surface area contributed by atoms with E-state index < -0.39 is 0 Å². The van der Waals surface area contributed by atoms with Crippen molar-refractivity contribution in [1.82, 2.24) is 5.32 Å². The van der Waals surface area contributed by atoms with E-state index >= 15 is 0 Å². The molecule has 0 aliphatic heterocycles. The van der Waals surface area contributed by atoms with Crippen LogP contribution in [0, 0.1) is 6.92 Å². The van der Waals surface area contributed by atoms with Gasteiger partial charge in [0.25, 0.3) is 0 Å². The Hall–Kier alpha value is -1.31. The molecule has 2 heteroatoms. The largest absolute Gasteiger partial charge is 0.309 e. The predicted molar refractivity (Wildman–Crippen MR) is 82.6 cm³/mol. The molecule has 0 aromatic heterocycles. The molecule has 0 heterocycles. The first kappa shape index (κ1) is 14.1. The maximum absolute atomic E-state index is 6.21. The van der Waals surface area contributed by atoms with Crippen LogP contribution in [0.15, 0.2) is 42.5 Å². The van der Waals surface area contributed by atoms with Crippen LogP contribution in [0.4, 0.5) is 0 Å². The first-order chi connectivity index (χ1) is 9.19. The minimum Gasteiger partial charge on any atom is -0.309 e. The third-order valence-corrected chi connectivity index (χ3v) is 3.64. The van der Waals surface area contributed by atoms with Gasteiger partial charge in [-0.2, -0.15) is 0 Å². The lowest BCUT2D eigenvalue weighted by Crippen LogP contribution is -2.13. The Kier molecular flexibility index (Phi) is 5.00. The molecule has 0 bridgehead atoms. The molecule has 2 aromatic carbocycles. The van der Waals surface area contributed by atoms with Crippen LogP contribution in [0.3, 0.4) is 0 Å². The summed E-state index contributed by atoms with van der Waals surface area (Å²) in [5, 5.41) is 4.27. The summed E-state index contributed by atoms with van der Waals surface area (Å²) in [5.74, 6) is 0. The summed E-state index contributed by atoms with van der Waals surface area (Å²) in [5.41, 5.74) is 5.03. The van der Waals surface area contributed by atoms with Crippen molar-refractivity contribution in [3.05, 3.63) is 69.7 Å². The maximum Gasteiger partial charge on any atom is 0.0453 e. The fraction of sp³-hybridized carbons (Fsp3) is 0.294. The van der Waals surface area contributed by atoms with Crippen molar-refractivity contribution in [2.24, 2.45) is 0 Å². The molecule has 0 saturated heterocycles. The summed E-state index contributed by atoms with van der Waals surface area (Å²) in [6.07, 6.45) is 1.09. The van der Waals surface area contributed by atoms with Gasteiger partial charge in [0.1, 0.15) is 0 Å². The summed E-state index contributed by atoms with van der Waals surface area (Å²) in [4.78, 5) is 0. The smallest absolute Gasteiger partial charge is 0.0453 e. The number of aryl methyl sites for hydroxylation is 2. The molecule has 19 heavy (non-hydrogen) atoms. The molecule has 1 nitrogen and oxygen atoms in total. The molecule has 0 aliphatic rings. The maximum atomic E-state index is 6.21. The Morgan fingerprint density at radius 3 is 2.26 bits per heavy atom. The normalized spacial score (nSPS) is 10.7. The highest BCUT2D eigenvalue weighted by Crippen LogP contribution is 2.17. The molecule has 0 spiro atoms. The third kappa shape index (κ3) is 4.09. The second-order valence-electron chi connectivity index (χ2n) is 4.87. The summed E-state index contributed by atoms with van der Waals surface area (Å²) in [6, 6.07) is 14.9. The van der Waals surface area contributed by atoms with Crippen LogP contribution < -0.4 is 5.32 Å². The first-order valence-corrected chi connectivity index (χ1v) is 7.10. The van der Waals surface area contributed by atoms with Gasteiger partial charge in [-0.15, -0.1) is 0 Å². The molecule has 0 unspecified atom stereocenters. The van der Waals surface area contributed by atoms with Crippen molar-refractivity contribution in [1.29, 1.82) is 0 Å². The standard InChI is InChI=1S/C17H20ClN/c1-3-14-5-7-15(8-6-14)11-19-12-16-9-4-13(2)10-17(16)18/h4-10,19H,3,11-12H2,1-2H3. The zero-order chi connectivity index (χ0) is 13.7. The molecule has 2 rings (SSSR count). The zero-order valence-corrected chi connectivity index (χ0v) is 12.3. The van der Waals surface area contributed by atoms with Gasteiger partial charge in [-0.05, 0) is 41.7 Å². The van der Waals surface area contributed by atoms with Gasteiger partial charge in [0.05, 0.1) is 0 Å². The van der Waals surface area contributed by atoms with E-state index in [2.05, 4.69) is 55.6 Å². The van der Waals surface area contributed by atoms with E-state index in [0.717, 1.165) is 30.1 Å². The minimum atomic E-state index is 0.800. The van der Waals surface area contributed by atoms with Crippen LogP contribution in [-0.2, 0) is 19.5 Å². The van der Waals surface area contributed by atoms with Crippen LogP contribution in [0.1, 0.15) is 29.2 Å². The highest BCUT2D eigenvalue weighted by Gasteiger charge is 2.00. The van der Waals surface area contributed by atoms with Crippen molar-refractivity contribution in [3.8, 4) is 0 Å². The van der Waals surface area contributed by atoms with Gasteiger partial charge in [-0.1, -0.05) is 54.9 Å². The Labute approximate surface area is 120 Å². The van der Waals surface area contributed by atoms with Gasteiger partial charge >= 0.3 is 0 Å². The average molecular weight is 274 g/mol. The lowest BCUT2D eigenvalue weighted by Gasteiger charge is -2.08. The highest BCUT2D eigenvalue weighted by molar-refractivity contribution is 6.31. The first-order valence-electron chi connectivity index (χ1n) is 6.72. The highest BCUT2D eigenvalue weighted by atomic mass is 35.5. The van der Waals surface area contributed by atoms with E-state index in [-0.39, 0.29) is 0 Å². The minimum absolute atomic E-state index is 0.800. The van der Waals surface area contributed by atoms with Crippen LogP contribution in [0.2, 0.25) is 5.02 Å². The Bertz CT molecular complexity index is 531. The summed E-state index contributed by atoms with van der Waals surface area (Å²) in [7, 11) is 0. The van der Waals surface area contributed by atoms with Crippen LogP contribution in [0.25, 0.3) is 0 Å². The Morgan fingerprint density at radius 2 is 1.63 bits per heavy atom. The number of hydrogen-bond acceptors (Lipinski definition) is 1. The van der Waals surface area contributed by atoms with Crippen LogP contribution >= 0.6 is 11.6 Å². The lowest BCUT2D eigenvalue weighted by molar-refractivity contribution is 0.693. The van der Waals surface area contributed by atoms with Gasteiger partial charge in [0.2, 0.25) is 0 Å². The molecular weight excluding hydrogens is 254 g/mol. The lowest BCUT2D eigenvalue weighted by atomic mass is 10.1. The van der Waals surface area contributed by atoms with Gasteiger partial charge in [-0.25, -0.2) is 0 Å². The number of nitrogens with one attached hydrogen (secondary N) is 1. The van der Waals surface area contributed by atoms with E-state index in [9.17, 15) is 0 Å². The number of halogens is 1. The van der Waals surface area contributed by atoms with Crippen molar-refractivity contribution in [3.63, 3.8) is 0 Å². The third-order valence-electron chi connectivity index (χ3n) is 3.28. The second kappa shape index (κ2) is 6.74. The Morgan fingerprint density at radius 1 is 0.947 bits per heavy atom. The number of hydrogen-bond donors (Lipinski definition) is 1. The molecule has 100 valence electrons. The molecular formula is C17H20ClN. The van der Waals surface area contributed by atoms with E-state index in [1.165, 1.54) is 16.7 Å². The second-order valence-corrected chi connectivity index (χ2v) is 5.28. The van der Waals surface area contributed by atoms with E-state index in [4.69, 9.17) is 11.6 Å². The van der Waals surface area contributed by atoms with Crippen LogP contribution in [-0.4, -0.2) is 0 Å². The van der Waals surface area contributed by atoms with Crippen molar-refractivity contribution < 1.29 is 0 Å². The zero-order valence-electron chi connectivity index (χ0n) is 11.5. The molecule has 1 N–H and O–H groups in total. The van der Waals surface area contributed by atoms with E-state index in [0.29, 0.717) is 0 Å². The summed E-state index contributed by atoms with van der Waals surface area (Å²) in [6.45, 7) is 5.90. The molecule has 2 aromatic rings. The fourth-order valence-electron chi connectivity index (χ4n) is 2.03. The monoisotopic (exact) mass is 273 g/mol. The van der Waals surface area contributed by atoms with Gasteiger partial charge in [0, 0.05) is 18.1 Å². The molecule has 0 fully saturated rings. The predicted octanol–water partition coefficient (Wildman–Crippen LogP) is 4.50. The van der Waals surface area contributed by atoms with Gasteiger partial charge in [-0.3, -0.25) is 0 Å².